The van der Waals surface area contributed by atoms with Crippen molar-refractivity contribution in [2.24, 2.45) is 0 Å². The molecule has 2 unspecified atom stereocenters. The van der Waals surface area contributed by atoms with Gasteiger partial charge >= 0.3 is 6.09 Å². The van der Waals surface area contributed by atoms with Crippen LogP contribution in [0.25, 0.3) is 10.8 Å². The molecule has 30 heavy (non-hydrogen) atoms. The highest BCUT2D eigenvalue weighted by molar-refractivity contribution is 5.82. The van der Waals surface area contributed by atoms with Gasteiger partial charge < -0.3 is 24.2 Å². The monoisotopic (exact) mass is 405 g/mol. The summed E-state index contributed by atoms with van der Waals surface area (Å²) in [6.45, 7) is 1.51. The van der Waals surface area contributed by atoms with E-state index < -0.39 is 6.09 Å². The zero-order chi connectivity index (χ0) is 20.5. The molecule has 2 atom stereocenters. The van der Waals surface area contributed by atoms with Crippen LogP contribution in [-0.2, 0) is 11.3 Å². The van der Waals surface area contributed by atoms with Gasteiger partial charge in [-0.05, 0) is 46.5 Å². The van der Waals surface area contributed by atoms with E-state index in [1.165, 1.54) is 15.7 Å². The number of carbonyl (C=O) groups is 1. The van der Waals surface area contributed by atoms with Crippen LogP contribution in [0.1, 0.15) is 23.5 Å². The van der Waals surface area contributed by atoms with Gasteiger partial charge in [-0.3, -0.25) is 0 Å². The second kappa shape index (κ2) is 7.88. The third kappa shape index (κ3) is 3.66. The number of amides is 1. The average molecular weight is 405 g/mol. The number of hydrogen-bond acceptors (Lipinski definition) is 4. The quantitative estimate of drug-likeness (QED) is 0.686. The van der Waals surface area contributed by atoms with Crippen LogP contribution in [0.3, 0.4) is 0 Å². The zero-order valence-electron chi connectivity index (χ0n) is 16.5. The second-order valence-electron chi connectivity index (χ2n) is 7.77. The normalized spacial score (nSPS) is 20.5. The topological polar surface area (TPSA) is 68.2 Å². The Morgan fingerprint density at radius 3 is 2.73 bits per heavy atom. The lowest BCUT2D eigenvalue weighted by atomic mass is 9.86. The van der Waals surface area contributed by atoms with Crippen LogP contribution in [0.4, 0.5) is 4.79 Å². The first kappa shape index (κ1) is 18.8. The minimum Gasteiger partial charge on any atom is -0.465 e. The van der Waals surface area contributed by atoms with Crippen LogP contribution >= 0.6 is 0 Å². The van der Waals surface area contributed by atoms with Crippen molar-refractivity contribution < 1.29 is 24.1 Å². The van der Waals surface area contributed by atoms with E-state index in [0.29, 0.717) is 26.1 Å². The molecule has 154 valence electrons. The summed E-state index contributed by atoms with van der Waals surface area (Å²) in [5, 5.41) is 11.8. The summed E-state index contributed by atoms with van der Waals surface area (Å²) in [5.74, 6) is 1.58. The maximum atomic E-state index is 11.6. The fourth-order valence-corrected chi connectivity index (χ4v) is 4.32. The van der Waals surface area contributed by atoms with Crippen LogP contribution in [-0.4, -0.2) is 42.1 Å². The lowest BCUT2D eigenvalue weighted by Crippen LogP contribution is -2.46. The van der Waals surface area contributed by atoms with E-state index in [1.807, 2.05) is 30.3 Å². The summed E-state index contributed by atoms with van der Waals surface area (Å²) >= 11 is 0. The number of fused-ring (bicyclic) bond motifs is 2. The molecule has 1 fully saturated rings. The maximum Gasteiger partial charge on any atom is 0.407 e. The Kier molecular flexibility index (Phi) is 4.93. The van der Waals surface area contributed by atoms with Gasteiger partial charge in [0.1, 0.15) is 0 Å². The molecular weight excluding hydrogens is 382 g/mol. The Balaban J connectivity index is 1.37. The molecule has 0 saturated carbocycles. The number of benzene rings is 3. The lowest BCUT2D eigenvalue weighted by Gasteiger charge is -2.37. The molecule has 2 heterocycles. The van der Waals surface area contributed by atoms with Gasteiger partial charge in [-0.15, -0.1) is 0 Å². The smallest absolute Gasteiger partial charge is 0.407 e. The third-order valence-electron chi connectivity index (χ3n) is 5.93. The van der Waals surface area contributed by atoms with E-state index in [4.69, 9.17) is 14.2 Å². The summed E-state index contributed by atoms with van der Waals surface area (Å²) in [7, 11) is 0. The molecule has 0 bridgehead atoms. The molecule has 0 spiro atoms. The second-order valence-corrected chi connectivity index (χ2v) is 7.77. The molecule has 1 N–H and O–H groups in total. The van der Waals surface area contributed by atoms with Crippen molar-refractivity contribution in [1.29, 1.82) is 0 Å². The molecule has 6 heteroatoms. The summed E-state index contributed by atoms with van der Waals surface area (Å²) in [5.41, 5.74) is 2.17. The maximum absolute atomic E-state index is 11.6. The molecular formula is C24H23NO5. The van der Waals surface area contributed by atoms with Gasteiger partial charge in [0.25, 0.3) is 0 Å². The van der Waals surface area contributed by atoms with Gasteiger partial charge in [-0.2, -0.15) is 0 Å². The third-order valence-corrected chi connectivity index (χ3v) is 5.93. The summed E-state index contributed by atoms with van der Waals surface area (Å²) in [6, 6.07) is 20.4. The minimum atomic E-state index is -0.904. The van der Waals surface area contributed by atoms with Gasteiger partial charge in [-0.1, -0.05) is 42.5 Å². The Morgan fingerprint density at radius 1 is 1.03 bits per heavy atom. The first-order valence-electron chi connectivity index (χ1n) is 10.1. The Morgan fingerprint density at radius 2 is 1.87 bits per heavy atom. The van der Waals surface area contributed by atoms with Gasteiger partial charge in [0.2, 0.25) is 6.79 Å². The van der Waals surface area contributed by atoms with E-state index in [1.54, 1.807) is 0 Å². The SMILES string of the molecule is O=C(O)N1CCC(c2ccc3c(c2)OCO3)C(OCc2ccc3ccccc3c2)C1. The van der Waals surface area contributed by atoms with E-state index in [9.17, 15) is 9.90 Å². The molecule has 2 aliphatic heterocycles. The predicted octanol–water partition coefficient (Wildman–Crippen LogP) is 4.62. The van der Waals surface area contributed by atoms with Crippen molar-refractivity contribution in [2.45, 2.75) is 25.0 Å². The van der Waals surface area contributed by atoms with Crippen molar-refractivity contribution in [2.75, 3.05) is 19.9 Å². The zero-order valence-corrected chi connectivity index (χ0v) is 16.5. The van der Waals surface area contributed by atoms with Crippen LogP contribution in [0.5, 0.6) is 11.5 Å². The fourth-order valence-electron chi connectivity index (χ4n) is 4.32. The number of piperidine rings is 1. The predicted molar refractivity (Wildman–Crippen MR) is 112 cm³/mol. The molecule has 0 aromatic heterocycles. The van der Waals surface area contributed by atoms with Crippen LogP contribution in [0.2, 0.25) is 0 Å². The van der Waals surface area contributed by atoms with Gasteiger partial charge in [0.15, 0.2) is 11.5 Å². The highest BCUT2D eigenvalue weighted by Gasteiger charge is 2.34. The molecule has 3 aromatic rings. The number of carboxylic acid groups (broad SMARTS) is 1. The van der Waals surface area contributed by atoms with Crippen molar-refractivity contribution in [3.05, 3.63) is 71.8 Å². The molecule has 2 aliphatic rings. The molecule has 3 aromatic carbocycles. The lowest BCUT2D eigenvalue weighted by molar-refractivity contribution is -0.0199. The molecule has 1 amide bonds. The minimum absolute atomic E-state index is 0.0931. The summed E-state index contributed by atoms with van der Waals surface area (Å²) in [6.07, 6.45) is -0.436. The van der Waals surface area contributed by atoms with Gasteiger partial charge in [0.05, 0.1) is 19.3 Å². The molecule has 0 aliphatic carbocycles. The molecule has 1 saturated heterocycles. The van der Waals surface area contributed by atoms with Crippen molar-refractivity contribution in [3.63, 3.8) is 0 Å². The van der Waals surface area contributed by atoms with Crippen LogP contribution < -0.4 is 9.47 Å². The van der Waals surface area contributed by atoms with E-state index in [2.05, 4.69) is 30.3 Å². The number of rotatable bonds is 4. The number of likely N-dealkylation sites (tertiary alicyclic amines) is 1. The van der Waals surface area contributed by atoms with Gasteiger partial charge in [0, 0.05) is 12.5 Å². The van der Waals surface area contributed by atoms with Crippen LogP contribution in [0, 0.1) is 0 Å². The first-order chi connectivity index (χ1) is 14.7. The van der Waals surface area contributed by atoms with E-state index in [0.717, 1.165) is 22.6 Å². The number of hydrogen-bond donors (Lipinski definition) is 1. The summed E-state index contributed by atoms with van der Waals surface area (Å²) in [4.78, 5) is 13.0. The highest BCUT2D eigenvalue weighted by atomic mass is 16.7. The standard InChI is InChI=1S/C24H23NO5/c26-24(27)25-10-9-20(19-7-8-21-22(12-19)30-15-29-21)23(13-25)28-14-16-5-6-17-3-1-2-4-18(17)11-16/h1-8,11-12,20,23H,9-10,13-15H2,(H,26,27). The van der Waals surface area contributed by atoms with Crippen molar-refractivity contribution >= 4 is 16.9 Å². The van der Waals surface area contributed by atoms with Crippen molar-refractivity contribution in [3.8, 4) is 11.5 Å². The van der Waals surface area contributed by atoms with E-state index in [-0.39, 0.29) is 18.8 Å². The number of nitrogens with zero attached hydrogens (tertiary/aromatic N) is 1. The largest absolute Gasteiger partial charge is 0.465 e. The molecule has 5 rings (SSSR count). The number of ether oxygens (including phenoxy) is 3. The van der Waals surface area contributed by atoms with E-state index >= 15 is 0 Å². The van der Waals surface area contributed by atoms with Crippen LogP contribution in [0.15, 0.2) is 60.7 Å². The molecule has 0 radical (unpaired) electrons. The summed E-state index contributed by atoms with van der Waals surface area (Å²) < 4.78 is 17.3. The van der Waals surface area contributed by atoms with Crippen molar-refractivity contribution in [1.82, 2.24) is 4.90 Å². The first-order valence-corrected chi connectivity index (χ1v) is 10.1. The molecule has 6 nitrogen and oxygen atoms in total. The highest BCUT2D eigenvalue weighted by Crippen LogP contribution is 2.38. The Bertz CT molecular complexity index is 1080. The Labute approximate surface area is 174 Å². The Hall–Kier alpha value is -3.25. The fraction of sp³-hybridized carbons (Fsp3) is 0.292. The van der Waals surface area contributed by atoms with Gasteiger partial charge in [-0.25, -0.2) is 4.79 Å². The average Bonchev–Trinajstić information content (AvgIpc) is 3.25.